The quantitative estimate of drug-likeness (QED) is 0.861. The monoisotopic (exact) mass is 274 g/mol. The lowest BCUT2D eigenvalue weighted by Crippen LogP contribution is -2.37. The number of rotatable bonds is 3. The second kappa shape index (κ2) is 5.02. The van der Waals surface area contributed by atoms with E-state index in [-0.39, 0.29) is 24.2 Å². The van der Waals surface area contributed by atoms with Gasteiger partial charge in [0.1, 0.15) is 0 Å². The summed E-state index contributed by atoms with van der Waals surface area (Å²) in [5.74, 6) is -0.126. The molecule has 1 saturated heterocycles. The Labute approximate surface area is 119 Å². The van der Waals surface area contributed by atoms with Crippen LogP contribution in [0.25, 0.3) is 0 Å². The molecule has 1 fully saturated rings. The number of anilines is 1. The molecule has 1 unspecified atom stereocenters. The number of nitrogens with zero attached hydrogens (tertiary/aromatic N) is 1. The van der Waals surface area contributed by atoms with Gasteiger partial charge in [0.05, 0.1) is 11.1 Å². The van der Waals surface area contributed by atoms with Gasteiger partial charge < -0.3 is 5.73 Å². The Hall–Kier alpha value is -1.68. The summed E-state index contributed by atoms with van der Waals surface area (Å²) in [6.45, 7) is 8.09. The molecule has 2 amide bonds. The molecule has 20 heavy (non-hydrogen) atoms. The van der Waals surface area contributed by atoms with Gasteiger partial charge in [0.25, 0.3) is 0 Å². The highest BCUT2D eigenvalue weighted by Gasteiger charge is 2.50. The standard InChI is InChI=1S/C16H22N2O2/c1-10(2)16(4)8-14(19)18(15(16)20)13-7-5-6-11(3)12(13)9-17/h5-7,10H,8-9,17H2,1-4H3. The smallest absolute Gasteiger partial charge is 0.240 e. The van der Waals surface area contributed by atoms with Crippen molar-refractivity contribution in [2.45, 2.75) is 40.7 Å². The van der Waals surface area contributed by atoms with Crippen molar-refractivity contribution in [3.05, 3.63) is 29.3 Å². The average Bonchev–Trinajstić information content (AvgIpc) is 2.61. The van der Waals surface area contributed by atoms with Crippen LogP contribution in [0.2, 0.25) is 0 Å². The first-order chi connectivity index (χ1) is 9.32. The van der Waals surface area contributed by atoms with E-state index in [2.05, 4.69) is 0 Å². The molecule has 0 aliphatic carbocycles. The lowest BCUT2D eigenvalue weighted by molar-refractivity contribution is -0.126. The van der Waals surface area contributed by atoms with Gasteiger partial charge in [-0.05, 0) is 37.0 Å². The molecule has 0 radical (unpaired) electrons. The maximum Gasteiger partial charge on any atom is 0.240 e. The molecule has 1 atom stereocenters. The minimum atomic E-state index is -0.618. The van der Waals surface area contributed by atoms with Crippen LogP contribution in [0.1, 0.15) is 38.3 Å². The third kappa shape index (κ3) is 2.04. The van der Waals surface area contributed by atoms with E-state index in [4.69, 9.17) is 5.73 Å². The van der Waals surface area contributed by atoms with E-state index in [9.17, 15) is 9.59 Å². The summed E-state index contributed by atoms with van der Waals surface area (Å²) < 4.78 is 0. The molecule has 0 bridgehead atoms. The molecular formula is C16H22N2O2. The highest BCUT2D eigenvalue weighted by atomic mass is 16.2. The molecule has 0 saturated carbocycles. The van der Waals surface area contributed by atoms with E-state index in [1.165, 1.54) is 4.90 Å². The summed E-state index contributed by atoms with van der Waals surface area (Å²) in [4.78, 5) is 26.4. The van der Waals surface area contributed by atoms with E-state index in [1.807, 2.05) is 39.8 Å². The molecule has 0 spiro atoms. The zero-order valence-corrected chi connectivity index (χ0v) is 12.6. The van der Waals surface area contributed by atoms with Crippen molar-refractivity contribution in [1.29, 1.82) is 0 Å². The molecule has 1 heterocycles. The van der Waals surface area contributed by atoms with Gasteiger partial charge in [0.15, 0.2) is 0 Å². The van der Waals surface area contributed by atoms with Crippen LogP contribution in [-0.2, 0) is 16.1 Å². The van der Waals surface area contributed by atoms with Gasteiger partial charge >= 0.3 is 0 Å². The number of aryl methyl sites for hydroxylation is 1. The number of hydrogen-bond acceptors (Lipinski definition) is 3. The minimum absolute atomic E-state index is 0.113. The second-order valence-electron chi connectivity index (χ2n) is 6.06. The van der Waals surface area contributed by atoms with Crippen LogP contribution in [0.5, 0.6) is 0 Å². The van der Waals surface area contributed by atoms with Crippen molar-refractivity contribution in [2.75, 3.05) is 4.90 Å². The molecule has 2 rings (SSSR count). The zero-order valence-electron chi connectivity index (χ0n) is 12.6. The average molecular weight is 274 g/mol. The van der Waals surface area contributed by atoms with Gasteiger partial charge in [-0.1, -0.05) is 26.0 Å². The van der Waals surface area contributed by atoms with Crippen molar-refractivity contribution in [3.63, 3.8) is 0 Å². The van der Waals surface area contributed by atoms with Crippen LogP contribution < -0.4 is 10.6 Å². The highest BCUT2D eigenvalue weighted by Crippen LogP contribution is 2.42. The summed E-state index contributed by atoms with van der Waals surface area (Å²) in [6.07, 6.45) is 0.265. The third-order valence-corrected chi connectivity index (χ3v) is 4.56. The van der Waals surface area contributed by atoms with Crippen LogP contribution in [0.3, 0.4) is 0 Å². The third-order valence-electron chi connectivity index (χ3n) is 4.56. The molecule has 1 aliphatic rings. The van der Waals surface area contributed by atoms with Crippen molar-refractivity contribution < 1.29 is 9.59 Å². The van der Waals surface area contributed by atoms with Crippen molar-refractivity contribution in [3.8, 4) is 0 Å². The van der Waals surface area contributed by atoms with Gasteiger partial charge in [0, 0.05) is 13.0 Å². The predicted octanol–water partition coefficient (Wildman–Crippen LogP) is 2.38. The number of hydrogen-bond donors (Lipinski definition) is 1. The highest BCUT2D eigenvalue weighted by molar-refractivity contribution is 6.22. The van der Waals surface area contributed by atoms with Crippen LogP contribution in [-0.4, -0.2) is 11.8 Å². The Morgan fingerprint density at radius 2 is 2.00 bits per heavy atom. The Morgan fingerprint density at radius 3 is 2.50 bits per heavy atom. The van der Waals surface area contributed by atoms with Gasteiger partial charge in [-0.25, -0.2) is 4.90 Å². The fraction of sp³-hybridized carbons (Fsp3) is 0.500. The van der Waals surface area contributed by atoms with Gasteiger partial charge in [0.2, 0.25) is 11.8 Å². The maximum absolute atomic E-state index is 12.7. The van der Waals surface area contributed by atoms with Crippen molar-refractivity contribution in [2.24, 2.45) is 17.1 Å². The maximum atomic E-state index is 12.7. The first-order valence-electron chi connectivity index (χ1n) is 6.99. The Morgan fingerprint density at radius 1 is 1.35 bits per heavy atom. The summed E-state index contributed by atoms with van der Waals surface area (Å²) in [5.41, 5.74) is 7.68. The first kappa shape index (κ1) is 14.7. The molecule has 4 nitrogen and oxygen atoms in total. The molecule has 0 aromatic heterocycles. The predicted molar refractivity (Wildman–Crippen MR) is 79.1 cm³/mol. The lowest BCUT2D eigenvalue weighted by Gasteiger charge is -2.27. The van der Waals surface area contributed by atoms with Gasteiger partial charge in [-0.3, -0.25) is 9.59 Å². The van der Waals surface area contributed by atoms with E-state index in [0.29, 0.717) is 12.2 Å². The van der Waals surface area contributed by atoms with Crippen LogP contribution >= 0.6 is 0 Å². The number of nitrogens with two attached hydrogens (primary N) is 1. The summed E-state index contributed by atoms with van der Waals surface area (Å²) in [7, 11) is 0. The van der Waals surface area contributed by atoms with Crippen LogP contribution in [0.15, 0.2) is 18.2 Å². The van der Waals surface area contributed by atoms with Crippen LogP contribution in [0.4, 0.5) is 5.69 Å². The molecule has 2 N–H and O–H groups in total. The number of imide groups is 1. The molecule has 1 aromatic carbocycles. The second-order valence-corrected chi connectivity index (χ2v) is 6.06. The van der Waals surface area contributed by atoms with Crippen molar-refractivity contribution in [1.82, 2.24) is 0 Å². The van der Waals surface area contributed by atoms with Gasteiger partial charge in [-0.2, -0.15) is 0 Å². The topological polar surface area (TPSA) is 63.4 Å². The summed E-state index contributed by atoms with van der Waals surface area (Å²) in [5, 5.41) is 0. The molecule has 108 valence electrons. The van der Waals surface area contributed by atoms with E-state index in [1.54, 1.807) is 6.07 Å². The Balaban J connectivity index is 2.52. The molecular weight excluding hydrogens is 252 g/mol. The Kier molecular flexibility index (Phi) is 3.69. The molecule has 1 aromatic rings. The molecule has 4 heteroatoms. The van der Waals surface area contributed by atoms with E-state index >= 15 is 0 Å². The van der Waals surface area contributed by atoms with Crippen molar-refractivity contribution >= 4 is 17.5 Å². The lowest BCUT2D eigenvalue weighted by atomic mass is 9.78. The fourth-order valence-corrected chi connectivity index (χ4v) is 2.69. The number of amides is 2. The largest absolute Gasteiger partial charge is 0.326 e. The Bertz CT molecular complexity index is 566. The van der Waals surface area contributed by atoms with Crippen LogP contribution in [0, 0.1) is 18.3 Å². The number of benzene rings is 1. The summed E-state index contributed by atoms with van der Waals surface area (Å²) in [6, 6.07) is 5.60. The summed E-state index contributed by atoms with van der Waals surface area (Å²) >= 11 is 0. The molecule has 1 aliphatic heterocycles. The first-order valence-corrected chi connectivity index (χ1v) is 6.99. The van der Waals surface area contributed by atoms with E-state index in [0.717, 1.165) is 11.1 Å². The minimum Gasteiger partial charge on any atom is -0.326 e. The number of carbonyl (C=O) groups is 2. The van der Waals surface area contributed by atoms with Gasteiger partial charge in [-0.15, -0.1) is 0 Å². The van der Waals surface area contributed by atoms with E-state index < -0.39 is 5.41 Å². The SMILES string of the molecule is Cc1cccc(N2C(=O)CC(C)(C(C)C)C2=O)c1CN. The normalized spacial score (nSPS) is 23.0. The number of carbonyl (C=O) groups excluding carboxylic acids is 2. The zero-order chi connectivity index (χ0) is 15.1. The fourth-order valence-electron chi connectivity index (χ4n) is 2.69.